The minimum atomic E-state index is -0.574. The van der Waals surface area contributed by atoms with E-state index in [1.165, 1.54) is 0 Å². The Hall–Kier alpha value is -3.15. The van der Waals surface area contributed by atoms with E-state index in [4.69, 9.17) is 4.74 Å². The van der Waals surface area contributed by atoms with Crippen molar-refractivity contribution >= 4 is 29.2 Å². The number of hydrogen-bond donors (Lipinski definition) is 1. The van der Waals surface area contributed by atoms with Gasteiger partial charge in [-0.1, -0.05) is 30.3 Å². The second-order valence-electron chi connectivity index (χ2n) is 7.62. The van der Waals surface area contributed by atoms with E-state index in [9.17, 15) is 14.4 Å². The molecule has 2 aromatic rings. The predicted octanol–water partition coefficient (Wildman–Crippen LogP) is 3.46. The molecule has 1 N–H and O–H groups in total. The first kappa shape index (κ1) is 20.6. The highest BCUT2D eigenvalue weighted by Crippen LogP contribution is 2.29. The Kier molecular flexibility index (Phi) is 6.01. The van der Waals surface area contributed by atoms with Gasteiger partial charge in [0.1, 0.15) is 0 Å². The minimum Gasteiger partial charge on any atom is -0.455 e. The molecule has 29 heavy (non-hydrogen) atoms. The first-order valence-electron chi connectivity index (χ1n) is 9.66. The monoisotopic (exact) mass is 394 g/mol. The van der Waals surface area contributed by atoms with Crippen LogP contribution in [0.2, 0.25) is 0 Å². The number of anilines is 2. The van der Waals surface area contributed by atoms with Crippen molar-refractivity contribution in [3.63, 3.8) is 0 Å². The Bertz CT molecular complexity index is 947. The van der Waals surface area contributed by atoms with E-state index in [0.717, 1.165) is 33.6 Å². The minimum absolute atomic E-state index is 0.0880. The van der Waals surface area contributed by atoms with E-state index in [-0.39, 0.29) is 25.5 Å². The number of carbonyl (C=O) groups excluding carboxylic acids is 3. The predicted molar refractivity (Wildman–Crippen MR) is 112 cm³/mol. The summed E-state index contributed by atoms with van der Waals surface area (Å²) in [6.07, 6.45) is 0.0880. The third-order valence-corrected chi connectivity index (χ3v) is 5.20. The number of amides is 2. The summed E-state index contributed by atoms with van der Waals surface area (Å²) in [4.78, 5) is 38.7. The van der Waals surface area contributed by atoms with Crippen molar-refractivity contribution in [1.82, 2.24) is 0 Å². The molecule has 3 rings (SSSR count). The molecule has 1 saturated heterocycles. The number of ether oxygens (including phenoxy) is 1. The zero-order chi connectivity index (χ0) is 21.1. The molecule has 0 bridgehead atoms. The number of nitrogens with one attached hydrogen (secondary N) is 1. The van der Waals surface area contributed by atoms with Gasteiger partial charge in [0.25, 0.3) is 5.91 Å². The molecule has 152 valence electrons. The van der Waals surface area contributed by atoms with Crippen LogP contribution in [0.1, 0.15) is 28.7 Å². The number of carbonyl (C=O) groups is 3. The molecule has 2 aromatic carbocycles. The molecule has 1 atom stereocenters. The van der Waals surface area contributed by atoms with Gasteiger partial charge in [0.05, 0.1) is 5.92 Å². The van der Waals surface area contributed by atoms with Crippen LogP contribution in [-0.4, -0.2) is 30.9 Å². The van der Waals surface area contributed by atoms with Crippen molar-refractivity contribution < 1.29 is 19.1 Å². The highest BCUT2D eigenvalue weighted by atomic mass is 16.5. The molecule has 0 unspecified atom stereocenters. The van der Waals surface area contributed by atoms with Crippen LogP contribution >= 0.6 is 0 Å². The molecule has 1 aliphatic heterocycles. The van der Waals surface area contributed by atoms with Crippen LogP contribution in [0.3, 0.4) is 0 Å². The fourth-order valence-corrected chi connectivity index (χ4v) is 3.55. The van der Waals surface area contributed by atoms with Crippen LogP contribution in [0.15, 0.2) is 36.4 Å². The largest absolute Gasteiger partial charge is 0.455 e. The Labute approximate surface area is 170 Å². The number of benzene rings is 2. The number of esters is 1. The third-order valence-electron chi connectivity index (χ3n) is 5.20. The molecule has 0 aromatic heterocycles. The van der Waals surface area contributed by atoms with Crippen molar-refractivity contribution in [2.45, 2.75) is 34.1 Å². The Morgan fingerprint density at radius 1 is 1.07 bits per heavy atom. The van der Waals surface area contributed by atoms with Gasteiger partial charge in [-0.15, -0.1) is 0 Å². The highest BCUT2D eigenvalue weighted by Gasteiger charge is 2.36. The van der Waals surface area contributed by atoms with Crippen LogP contribution in [0.25, 0.3) is 0 Å². The number of para-hydroxylation sites is 1. The molecule has 6 nitrogen and oxygen atoms in total. The molecule has 0 spiro atoms. The molecule has 0 aliphatic carbocycles. The average Bonchev–Trinajstić information content (AvgIpc) is 3.06. The fourth-order valence-electron chi connectivity index (χ4n) is 3.55. The summed E-state index contributed by atoms with van der Waals surface area (Å²) in [5.41, 5.74) is 5.45. The first-order chi connectivity index (χ1) is 13.8. The Morgan fingerprint density at radius 3 is 2.45 bits per heavy atom. The highest BCUT2D eigenvalue weighted by molar-refractivity contribution is 6.00. The van der Waals surface area contributed by atoms with E-state index in [2.05, 4.69) is 5.32 Å². The van der Waals surface area contributed by atoms with Crippen LogP contribution in [-0.2, 0) is 19.1 Å². The van der Waals surface area contributed by atoms with Crippen molar-refractivity contribution in [3.8, 4) is 0 Å². The molecule has 1 heterocycles. The molecule has 1 fully saturated rings. The zero-order valence-electron chi connectivity index (χ0n) is 17.2. The second kappa shape index (κ2) is 8.47. The summed E-state index contributed by atoms with van der Waals surface area (Å²) in [5, 5.41) is 2.79. The van der Waals surface area contributed by atoms with E-state index in [1.54, 1.807) is 4.90 Å². The number of rotatable bonds is 5. The average molecular weight is 394 g/mol. The van der Waals surface area contributed by atoms with Gasteiger partial charge >= 0.3 is 5.97 Å². The van der Waals surface area contributed by atoms with Gasteiger partial charge in [-0.05, 0) is 56.0 Å². The SMILES string of the molecule is Cc1ccc(C)c(N2C[C@H](C(=O)OCC(=O)Nc3c(C)cccc3C)CC2=O)c1. The lowest BCUT2D eigenvalue weighted by Gasteiger charge is -2.19. The maximum atomic E-state index is 12.4. The van der Waals surface area contributed by atoms with Gasteiger partial charge in [0.15, 0.2) is 6.61 Å². The Morgan fingerprint density at radius 2 is 1.76 bits per heavy atom. The maximum Gasteiger partial charge on any atom is 0.311 e. The standard InChI is InChI=1S/C23H26N2O4/c1-14-8-9-15(2)19(10-14)25-12-18(11-21(25)27)23(28)29-13-20(26)24-22-16(3)6-5-7-17(22)4/h5-10,18H,11-13H2,1-4H3,(H,24,26)/t18-/m1/s1. The van der Waals surface area contributed by atoms with Crippen LogP contribution in [0.5, 0.6) is 0 Å². The van der Waals surface area contributed by atoms with Crippen LogP contribution in [0, 0.1) is 33.6 Å². The van der Waals surface area contributed by atoms with E-state index < -0.39 is 17.8 Å². The maximum absolute atomic E-state index is 12.4. The molecular formula is C23H26N2O4. The lowest BCUT2D eigenvalue weighted by atomic mass is 10.1. The molecule has 1 aliphatic rings. The summed E-state index contributed by atoms with van der Waals surface area (Å²) in [6, 6.07) is 11.6. The summed E-state index contributed by atoms with van der Waals surface area (Å²) < 4.78 is 5.20. The number of nitrogens with zero attached hydrogens (tertiary/aromatic N) is 1. The quantitative estimate of drug-likeness (QED) is 0.788. The number of hydrogen-bond acceptors (Lipinski definition) is 4. The summed E-state index contributed by atoms with van der Waals surface area (Å²) >= 11 is 0. The third kappa shape index (κ3) is 4.65. The first-order valence-corrected chi connectivity index (χ1v) is 9.66. The lowest BCUT2D eigenvalue weighted by Crippen LogP contribution is -2.28. The van der Waals surface area contributed by atoms with Crippen molar-refractivity contribution in [2.75, 3.05) is 23.4 Å². The number of aryl methyl sites for hydroxylation is 4. The molecule has 2 amide bonds. The van der Waals surface area contributed by atoms with Gasteiger partial charge in [-0.3, -0.25) is 14.4 Å². The van der Waals surface area contributed by atoms with E-state index >= 15 is 0 Å². The second-order valence-corrected chi connectivity index (χ2v) is 7.62. The fraction of sp³-hybridized carbons (Fsp3) is 0.348. The normalized spacial score (nSPS) is 16.1. The Balaban J connectivity index is 1.58. The summed E-state index contributed by atoms with van der Waals surface area (Å²) in [7, 11) is 0. The topological polar surface area (TPSA) is 75.7 Å². The molecule has 6 heteroatoms. The summed E-state index contributed by atoms with van der Waals surface area (Å²) in [6.45, 7) is 7.60. The molecular weight excluding hydrogens is 368 g/mol. The van der Waals surface area contributed by atoms with Gasteiger partial charge in [-0.2, -0.15) is 0 Å². The summed E-state index contributed by atoms with van der Waals surface area (Å²) in [5.74, 6) is -1.61. The van der Waals surface area contributed by atoms with Gasteiger partial charge < -0.3 is 15.0 Å². The van der Waals surface area contributed by atoms with Crippen LogP contribution < -0.4 is 10.2 Å². The van der Waals surface area contributed by atoms with Crippen molar-refractivity contribution in [3.05, 3.63) is 58.7 Å². The van der Waals surface area contributed by atoms with Crippen molar-refractivity contribution in [1.29, 1.82) is 0 Å². The van der Waals surface area contributed by atoms with E-state index in [1.807, 2.05) is 64.1 Å². The van der Waals surface area contributed by atoms with Gasteiger partial charge in [0, 0.05) is 24.3 Å². The van der Waals surface area contributed by atoms with Gasteiger partial charge in [0.2, 0.25) is 5.91 Å². The lowest BCUT2D eigenvalue weighted by molar-refractivity contribution is -0.151. The molecule has 0 radical (unpaired) electrons. The van der Waals surface area contributed by atoms with Crippen molar-refractivity contribution in [2.24, 2.45) is 5.92 Å². The van der Waals surface area contributed by atoms with Gasteiger partial charge in [-0.25, -0.2) is 0 Å². The van der Waals surface area contributed by atoms with Crippen LogP contribution in [0.4, 0.5) is 11.4 Å². The molecule has 0 saturated carbocycles. The smallest absolute Gasteiger partial charge is 0.311 e. The van der Waals surface area contributed by atoms with E-state index in [0.29, 0.717) is 0 Å². The zero-order valence-corrected chi connectivity index (χ0v) is 17.2.